The van der Waals surface area contributed by atoms with Gasteiger partial charge in [-0.3, -0.25) is 10.1 Å². The molecule has 25 heavy (non-hydrogen) atoms. The van der Waals surface area contributed by atoms with Crippen molar-refractivity contribution in [3.05, 3.63) is 68.8 Å². The number of nitro groups is 1. The van der Waals surface area contributed by atoms with Crippen LogP contribution in [0.1, 0.15) is 42.0 Å². The standard InChI is InChI=1S/C20H20N2O3/c1-13(2)19-11-16(14(3)9-20(19)25-4)10-17(12-21)15-5-7-18(8-6-15)22(23)24/h5-11,13H,1-4H3/b17-10-. The van der Waals surface area contributed by atoms with Gasteiger partial charge in [0.25, 0.3) is 5.69 Å². The molecule has 5 nitrogen and oxygen atoms in total. The van der Waals surface area contributed by atoms with Gasteiger partial charge in [-0.15, -0.1) is 0 Å². The Morgan fingerprint density at radius 1 is 1.28 bits per heavy atom. The molecule has 0 aromatic heterocycles. The Morgan fingerprint density at radius 2 is 1.92 bits per heavy atom. The summed E-state index contributed by atoms with van der Waals surface area (Å²) < 4.78 is 5.44. The van der Waals surface area contributed by atoms with E-state index in [1.54, 1.807) is 19.2 Å². The van der Waals surface area contributed by atoms with E-state index < -0.39 is 4.92 Å². The minimum atomic E-state index is -0.456. The van der Waals surface area contributed by atoms with Gasteiger partial charge in [0.1, 0.15) is 5.75 Å². The Bertz CT molecular complexity index is 860. The molecule has 0 radical (unpaired) electrons. The summed E-state index contributed by atoms with van der Waals surface area (Å²) in [5.41, 5.74) is 4.10. The van der Waals surface area contributed by atoms with E-state index in [9.17, 15) is 15.4 Å². The number of aryl methyl sites for hydroxylation is 1. The van der Waals surface area contributed by atoms with Crippen molar-refractivity contribution in [1.29, 1.82) is 5.26 Å². The molecule has 0 amide bonds. The highest BCUT2D eigenvalue weighted by Crippen LogP contribution is 2.31. The average Bonchev–Trinajstić information content (AvgIpc) is 2.60. The minimum Gasteiger partial charge on any atom is -0.496 e. The summed E-state index contributed by atoms with van der Waals surface area (Å²) in [5.74, 6) is 1.12. The molecule has 0 aliphatic rings. The van der Waals surface area contributed by atoms with Gasteiger partial charge in [-0.25, -0.2) is 0 Å². The van der Waals surface area contributed by atoms with Crippen molar-refractivity contribution < 1.29 is 9.66 Å². The molecule has 0 spiro atoms. The molecule has 2 aromatic carbocycles. The lowest BCUT2D eigenvalue weighted by molar-refractivity contribution is -0.384. The molecule has 0 aliphatic carbocycles. The zero-order valence-electron chi connectivity index (χ0n) is 14.7. The first-order valence-electron chi connectivity index (χ1n) is 7.92. The topological polar surface area (TPSA) is 76.2 Å². The van der Waals surface area contributed by atoms with E-state index in [-0.39, 0.29) is 11.6 Å². The molecule has 0 heterocycles. The van der Waals surface area contributed by atoms with Crippen LogP contribution in [-0.2, 0) is 0 Å². The maximum absolute atomic E-state index is 10.8. The van der Waals surface area contributed by atoms with E-state index in [4.69, 9.17) is 4.74 Å². The van der Waals surface area contributed by atoms with E-state index in [2.05, 4.69) is 19.9 Å². The normalized spacial score (nSPS) is 11.3. The first kappa shape index (κ1) is 18.2. The van der Waals surface area contributed by atoms with Crippen LogP contribution < -0.4 is 4.74 Å². The van der Waals surface area contributed by atoms with Crippen molar-refractivity contribution >= 4 is 17.3 Å². The Labute approximate surface area is 147 Å². The van der Waals surface area contributed by atoms with Crippen LogP contribution in [0.15, 0.2) is 36.4 Å². The number of nitriles is 1. The second-order valence-corrected chi connectivity index (χ2v) is 6.08. The van der Waals surface area contributed by atoms with Crippen LogP contribution in [0.5, 0.6) is 5.75 Å². The highest BCUT2D eigenvalue weighted by Gasteiger charge is 2.12. The molecule has 0 saturated carbocycles. The first-order chi connectivity index (χ1) is 11.9. The molecule has 128 valence electrons. The van der Waals surface area contributed by atoms with Crippen LogP contribution in [-0.4, -0.2) is 12.0 Å². The molecule has 0 saturated heterocycles. The Balaban J connectivity index is 2.51. The van der Waals surface area contributed by atoms with Gasteiger partial charge in [0.2, 0.25) is 0 Å². The zero-order valence-corrected chi connectivity index (χ0v) is 14.7. The van der Waals surface area contributed by atoms with Gasteiger partial charge in [-0.2, -0.15) is 5.26 Å². The monoisotopic (exact) mass is 336 g/mol. The molecule has 0 unspecified atom stereocenters. The Morgan fingerprint density at radius 3 is 2.40 bits per heavy atom. The van der Waals surface area contributed by atoms with Gasteiger partial charge in [0, 0.05) is 12.1 Å². The maximum Gasteiger partial charge on any atom is 0.269 e. The van der Waals surface area contributed by atoms with Crippen LogP contribution >= 0.6 is 0 Å². The number of non-ortho nitro benzene ring substituents is 1. The van der Waals surface area contributed by atoms with Crippen molar-refractivity contribution in [2.24, 2.45) is 0 Å². The SMILES string of the molecule is COc1cc(C)c(/C=C(/C#N)c2ccc([N+](=O)[O-])cc2)cc1C(C)C. The lowest BCUT2D eigenvalue weighted by atomic mass is 9.94. The third-order valence-corrected chi connectivity index (χ3v) is 4.05. The predicted octanol–water partition coefficient (Wildman–Crippen LogP) is 5.10. The third kappa shape index (κ3) is 4.04. The molecule has 0 aliphatic heterocycles. The lowest BCUT2D eigenvalue weighted by Gasteiger charge is -2.15. The fraction of sp³-hybridized carbons (Fsp3) is 0.250. The molecule has 2 aromatic rings. The smallest absolute Gasteiger partial charge is 0.269 e. The summed E-state index contributed by atoms with van der Waals surface area (Å²) >= 11 is 0. The van der Waals surface area contributed by atoms with Gasteiger partial charge in [-0.1, -0.05) is 13.8 Å². The van der Waals surface area contributed by atoms with Crippen LogP contribution in [0.4, 0.5) is 5.69 Å². The van der Waals surface area contributed by atoms with Gasteiger partial charge in [0.05, 0.1) is 23.7 Å². The van der Waals surface area contributed by atoms with E-state index in [1.165, 1.54) is 12.1 Å². The number of nitrogens with zero attached hydrogens (tertiary/aromatic N) is 2. The molecule has 0 bridgehead atoms. The second-order valence-electron chi connectivity index (χ2n) is 6.08. The molecule has 0 atom stereocenters. The number of benzene rings is 2. The largest absolute Gasteiger partial charge is 0.496 e. The molecule has 2 rings (SSSR count). The van der Waals surface area contributed by atoms with E-state index in [1.807, 2.05) is 25.1 Å². The van der Waals surface area contributed by atoms with Gasteiger partial charge < -0.3 is 4.74 Å². The fourth-order valence-electron chi connectivity index (χ4n) is 2.60. The first-order valence-corrected chi connectivity index (χ1v) is 7.92. The summed E-state index contributed by atoms with van der Waals surface area (Å²) in [6.07, 6.45) is 1.81. The van der Waals surface area contributed by atoms with Crippen molar-refractivity contribution in [3.63, 3.8) is 0 Å². The van der Waals surface area contributed by atoms with Gasteiger partial charge in [-0.05, 0) is 65.4 Å². The summed E-state index contributed by atoms with van der Waals surface area (Å²) in [5, 5.41) is 20.3. The number of allylic oxidation sites excluding steroid dienone is 1. The number of ether oxygens (including phenoxy) is 1. The van der Waals surface area contributed by atoms with Crippen LogP contribution in [0.3, 0.4) is 0 Å². The fourth-order valence-corrected chi connectivity index (χ4v) is 2.60. The van der Waals surface area contributed by atoms with E-state index >= 15 is 0 Å². The quantitative estimate of drug-likeness (QED) is 0.329. The summed E-state index contributed by atoms with van der Waals surface area (Å²) in [4.78, 5) is 10.3. The van der Waals surface area contributed by atoms with Gasteiger partial charge >= 0.3 is 0 Å². The zero-order chi connectivity index (χ0) is 18.6. The Kier molecular flexibility index (Phi) is 5.56. The van der Waals surface area contributed by atoms with E-state index in [0.29, 0.717) is 11.1 Å². The molecular formula is C20H20N2O3. The van der Waals surface area contributed by atoms with Crippen LogP contribution in [0.2, 0.25) is 0 Å². The average molecular weight is 336 g/mol. The van der Waals surface area contributed by atoms with Crippen LogP contribution in [0.25, 0.3) is 11.6 Å². The van der Waals surface area contributed by atoms with Crippen molar-refractivity contribution in [2.45, 2.75) is 26.7 Å². The molecule has 0 N–H and O–H groups in total. The third-order valence-electron chi connectivity index (χ3n) is 4.05. The number of rotatable bonds is 5. The Hall–Kier alpha value is -3.13. The second kappa shape index (κ2) is 7.63. The van der Waals surface area contributed by atoms with Crippen molar-refractivity contribution in [2.75, 3.05) is 7.11 Å². The summed E-state index contributed by atoms with van der Waals surface area (Å²) in [7, 11) is 1.65. The van der Waals surface area contributed by atoms with E-state index in [0.717, 1.165) is 22.4 Å². The predicted molar refractivity (Wildman–Crippen MR) is 98.4 cm³/mol. The number of hydrogen-bond donors (Lipinski definition) is 0. The van der Waals surface area contributed by atoms with Crippen molar-refractivity contribution in [3.8, 4) is 11.8 Å². The minimum absolute atomic E-state index is 0.00348. The highest BCUT2D eigenvalue weighted by atomic mass is 16.6. The summed E-state index contributed by atoms with van der Waals surface area (Å²) in [6, 6.07) is 12.2. The number of nitro benzene ring substituents is 1. The lowest BCUT2D eigenvalue weighted by Crippen LogP contribution is -1.97. The van der Waals surface area contributed by atoms with Crippen LogP contribution in [0, 0.1) is 28.4 Å². The molecular weight excluding hydrogens is 316 g/mol. The maximum atomic E-state index is 10.8. The highest BCUT2D eigenvalue weighted by molar-refractivity contribution is 5.90. The number of methoxy groups -OCH3 is 1. The summed E-state index contributed by atoms with van der Waals surface area (Å²) in [6.45, 7) is 6.13. The van der Waals surface area contributed by atoms with Crippen molar-refractivity contribution in [1.82, 2.24) is 0 Å². The molecule has 0 fully saturated rings. The molecule has 5 heteroatoms. The van der Waals surface area contributed by atoms with Gasteiger partial charge in [0.15, 0.2) is 0 Å². The number of hydrogen-bond acceptors (Lipinski definition) is 4.